The third-order valence-electron chi connectivity index (χ3n) is 3.78. The van der Waals surface area contributed by atoms with Gasteiger partial charge in [-0.2, -0.15) is 0 Å². The highest BCUT2D eigenvalue weighted by Crippen LogP contribution is 2.29. The van der Waals surface area contributed by atoms with Gasteiger partial charge >= 0.3 is 5.97 Å². The Morgan fingerprint density at radius 1 is 1.15 bits per heavy atom. The molecule has 0 radical (unpaired) electrons. The molecule has 0 atom stereocenters. The van der Waals surface area contributed by atoms with E-state index >= 15 is 0 Å². The van der Waals surface area contributed by atoms with Crippen molar-refractivity contribution < 1.29 is 14.7 Å². The molecular weight excluding hydrogens is 256 g/mol. The molecule has 0 saturated heterocycles. The first-order valence-corrected chi connectivity index (χ1v) is 6.91. The minimum atomic E-state index is -1.04. The molecule has 1 aromatic carbocycles. The summed E-state index contributed by atoms with van der Waals surface area (Å²) in [7, 11) is 0. The van der Waals surface area contributed by atoms with Gasteiger partial charge in [0.1, 0.15) is 6.54 Å². The van der Waals surface area contributed by atoms with Crippen LogP contribution >= 0.6 is 0 Å². The van der Waals surface area contributed by atoms with Crippen LogP contribution < -0.4 is 10.6 Å². The molecule has 108 valence electrons. The molecule has 1 saturated carbocycles. The highest BCUT2D eigenvalue weighted by molar-refractivity contribution is 6.03. The van der Waals surface area contributed by atoms with Gasteiger partial charge in [-0.1, -0.05) is 37.5 Å². The van der Waals surface area contributed by atoms with Gasteiger partial charge < -0.3 is 10.8 Å². The summed E-state index contributed by atoms with van der Waals surface area (Å²) in [6.45, 7) is -0.359. The normalized spacial score (nSPS) is 17.4. The summed E-state index contributed by atoms with van der Waals surface area (Å²) in [5.41, 5.74) is 5.88. The van der Waals surface area contributed by atoms with Gasteiger partial charge in [-0.25, -0.2) is 0 Å². The lowest BCUT2D eigenvalue weighted by molar-refractivity contribution is -0.137. The van der Waals surface area contributed by atoms with E-state index in [0.717, 1.165) is 19.3 Å². The molecule has 5 nitrogen and oxygen atoms in total. The average Bonchev–Trinajstić information content (AvgIpc) is 2.45. The Morgan fingerprint density at radius 3 is 2.30 bits per heavy atom. The van der Waals surface area contributed by atoms with Crippen LogP contribution in [-0.4, -0.2) is 29.1 Å². The van der Waals surface area contributed by atoms with E-state index in [2.05, 4.69) is 0 Å². The van der Waals surface area contributed by atoms with E-state index < -0.39 is 11.5 Å². The number of anilines is 1. The molecule has 0 heterocycles. The molecule has 0 unspecified atom stereocenters. The number of hydrogen-bond donors (Lipinski definition) is 2. The molecule has 1 fully saturated rings. The molecule has 2 rings (SSSR count). The minimum absolute atomic E-state index is 0.286. The summed E-state index contributed by atoms with van der Waals surface area (Å²) >= 11 is 0. The van der Waals surface area contributed by atoms with E-state index in [4.69, 9.17) is 10.8 Å². The summed E-state index contributed by atoms with van der Waals surface area (Å²) in [4.78, 5) is 25.0. The number of benzene rings is 1. The van der Waals surface area contributed by atoms with Crippen molar-refractivity contribution in [1.29, 1.82) is 0 Å². The number of nitrogens with zero attached hydrogens (tertiary/aromatic N) is 1. The van der Waals surface area contributed by atoms with E-state index in [-0.39, 0.29) is 12.5 Å². The lowest BCUT2D eigenvalue weighted by Gasteiger charge is -2.36. The van der Waals surface area contributed by atoms with Gasteiger partial charge in [0.05, 0.1) is 5.54 Å². The first-order chi connectivity index (χ1) is 9.53. The summed E-state index contributed by atoms with van der Waals surface area (Å²) in [6.07, 6.45) is 4.15. The zero-order valence-corrected chi connectivity index (χ0v) is 11.4. The average molecular weight is 276 g/mol. The quantitative estimate of drug-likeness (QED) is 0.877. The Kier molecular flexibility index (Phi) is 4.39. The smallest absolute Gasteiger partial charge is 0.323 e. The Hall–Kier alpha value is -1.88. The predicted octanol–water partition coefficient (Wildman–Crippen LogP) is 1.77. The maximum absolute atomic E-state index is 12.7. The second-order valence-corrected chi connectivity index (χ2v) is 5.34. The number of carbonyl (C=O) groups is 2. The molecule has 1 aliphatic rings. The molecule has 1 amide bonds. The number of amides is 1. The fourth-order valence-electron chi connectivity index (χ4n) is 2.69. The number of rotatable bonds is 4. The van der Waals surface area contributed by atoms with E-state index in [1.807, 2.05) is 6.07 Å². The van der Waals surface area contributed by atoms with Crippen molar-refractivity contribution in [1.82, 2.24) is 0 Å². The van der Waals surface area contributed by atoms with Gasteiger partial charge in [-0.05, 0) is 25.0 Å². The van der Waals surface area contributed by atoms with Crippen LogP contribution in [0.25, 0.3) is 0 Å². The van der Waals surface area contributed by atoms with Gasteiger partial charge in [-0.15, -0.1) is 0 Å². The zero-order chi connectivity index (χ0) is 14.6. The summed E-state index contributed by atoms with van der Waals surface area (Å²) in [6, 6.07) is 8.84. The van der Waals surface area contributed by atoms with Gasteiger partial charge in [-0.3, -0.25) is 14.5 Å². The number of carboxylic acid groups (broad SMARTS) is 1. The zero-order valence-electron chi connectivity index (χ0n) is 11.4. The van der Waals surface area contributed by atoms with Crippen molar-refractivity contribution >= 4 is 17.6 Å². The van der Waals surface area contributed by atoms with Crippen LogP contribution in [0.1, 0.15) is 32.1 Å². The van der Waals surface area contributed by atoms with Crippen molar-refractivity contribution in [2.24, 2.45) is 5.73 Å². The minimum Gasteiger partial charge on any atom is -0.480 e. The first-order valence-electron chi connectivity index (χ1n) is 6.91. The maximum atomic E-state index is 12.7. The van der Waals surface area contributed by atoms with Gasteiger partial charge in [0.25, 0.3) is 0 Å². The third-order valence-corrected chi connectivity index (χ3v) is 3.78. The standard InChI is InChI=1S/C15H20N2O3/c16-15(9-5-2-6-10-15)14(20)17(11-13(18)19)12-7-3-1-4-8-12/h1,3-4,7-8H,2,5-6,9-11,16H2,(H,18,19). The van der Waals surface area contributed by atoms with Crippen molar-refractivity contribution in [3.8, 4) is 0 Å². The highest BCUT2D eigenvalue weighted by Gasteiger charge is 2.39. The lowest BCUT2D eigenvalue weighted by Crippen LogP contribution is -2.57. The topological polar surface area (TPSA) is 83.6 Å². The number of carbonyl (C=O) groups excluding carboxylic acids is 1. The van der Waals surface area contributed by atoms with Crippen molar-refractivity contribution in [2.45, 2.75) is 37.6 Å². The predicted molar refractivity (Wildman–Crippen MR) is 76.4 cm³/mol. The molecule has 0 aliphatic heterocycles. The van der Waals surface area contributed by atoms with Crippen LogP contribution in [0, 0.1) is 0 Å². The van der Waals surface area contributed by atoms with Crippen LogP contribution in [-0.2, 0) is 9.59 Å². The van der Waals surface area contributed by atoms with Crippen LogP contribution in [0.5, 0.6) is 0 Å². The number of nitrogens with two attached hydrogens (primary N) is 1. The van der Waals surface area contributed by atoms with Gasteiger partial charge in [0, 0.05) is 5.69 Å². The van der Waals surface area contributed by atoms with E-state index in [0.29, 0.717) is 18.5 Å². The maximum Gasteiger partial charge on any atom is 0.323 e. The molecule has 20 heavy (non-hydrogen) atoms. The van der Waals surface area contributed by atoms with Crippen LogP contribution in [0.4, 0.5) is 5.69 Å². The highest BCUT2D eigenvalue weighted by atomic mass is 16.4. The van der Waals surface area contributed by atoms with Crippen molar-refractivity contribution in [2.75, 3.05) is 11.4 Å². The summed E-state index contributed by atoms with van der Waals surface area (Å²) < 4.78 is 0. The van der Waals surface area contributed by atoms with Gasteiger partial charge in [0.15, 0.2) is 0 Å². The number of para-hydroxylation sites is 1. The Labute approximate surface area is 118 Å². The Bertz CT molecular complexity index is 481. The van der Waals surface area contributed by atoms with Gasteiger partial charge in [0.2, 0.25) is 5.91 Å². The fraction of sp³-hybridized carbons (Fsp3) is 0.467. The molecule has 1 aromatic rings. The second kappa shape index (κ2) is 6.05. The Balaban J connectivity index is 2.26. The number of hydrogen-bond acceptors (Lipinski definition) is 3. The molecule has 0 spiro atoms. The van der Waals surface area contributed by atoms with Crippen LogP contribution in [0.15, 0.2) is 30.3 Å². The summed E-state index contributed by atoms with van der Waals surface area (Å²) in [5, 5.41) is 9.04. The molecule has 1 aliphatic carbocycles. The van der Waals surface area contributed by atoms with Crippen LogP contribution in [0.3, 0.4) is 0 Å². The molecule has 5 heteroatoms. The summed E-state index contributed by atoms with van der Waals surface area (Å²) in [5.74, 6) is -1.33. The van der Waals surface area contributed by atoms with E-state index in [9.17, 15) is 9.59 Å². The molecule has 0 bridgehead atoms. The number of aliphatic carboxylic acids is 1. The van der Waals surface area contributed by atoms with Crippen molar-refractivity contribution in [3.63, 3.8) is 0 Å². The Morgan fingerprint density at radius 2 is 1.75 bits per heavy atom. The van der Waals surface area contributed by atoms with Crippen LogP contribution in [0.2, 0.25) is 0 Å². The van der Waals surface area contributed by atoms with E-state index in [1.165, 1.54) is 4.90 Å². The van der Waals surface area contributed by atoms with Crippen molar-refractivity contribution in [3.05, 3.63) is 30.3 Å². The second-order valence-electron chi connectivity index (χ2n) is 5.34. The molecule has 0 aromatic heterocycles. The monoisotopic (exact) mass is 276 g/mol. The number of carboxylic acids is 1. The fourth-order valence-corrected chi connectivity index (χ4v) is 2.69. The van der Waals surface area contributed by atoms with E-state index in [1.54, 1.807) is 24.3 Å². The largest absolute Gasteiger partial charge is 0.480 e. The SMILES string of the molecule is NC1(C(=O)N(CC(=O)O)c2ccccc2)CCCCC1. The first kappa shape index (κ1) is 14.5. The third kappa shape index (κ3) is 3.17. The lowest BCUT2D eigenvalue weighted by atomic mass is 9.81. The molecular formula is C15H20N2O3. The molecule has 3 N–H and O–H groups in total.